The van der Waals surface area contributed by atoms with Crippen LogP contribution < -0.4 is 16.0 Å². The van der Waals surface area contributed by atoms with Crippen molar-refractivity contribution in [2.24, 2.45) is 0 Å². The Morgan fingerprint density at radius 1 is 1.47 bits per heavy atom. The predicted octanol–water partition coefficient (Wildman–Crippen LogP) is 1.82. The summed E-state index contributed by atoms with van der Waals surface area (Å²) in [5.74, 6) is 0. The maximum atomic E-state index is 11.7. The number of nitrogens with zero attached hydrogens (tertiary/aromatic N) is 1. The largest absolute Gasteiger partial charge is 0.336 e. The van der Waals surface area contributed by atoms with Gasteiger partial charge < -0.3 is 16.0 Å². The van der Waals surface area contributed by atoms with Crippen molar-refractivity contribution in [1.82, 2.24) is 10.6 Å². The minimum Gasteiger partial charge on any atom is -0.336 e. The lowest BCUT2D eigenvalue weighted by molar-refractivity contribution is 0.249. The molecule has 5 heteroatoms. The molecule has 2 rings (SSSR count). The normalized spacial score (nSPS) is 18.4. The summed E-state index contributed by atoms with van der Waals surface area (Å²) in [6.07, 6.45) is 3.53. The van der Waals surface area contributed by atoms with E-state index in [1.807, 2.05) is 6.07 Å². The van der Waals surface area contributed by atoms with Crippen LogP contribution in [0.25, 0.3) is 0 Å². The summed E-state index contributed by atoms with van der Waals surface area (Å²) in [7, 11) is 0. The molecular formula is C14H18N4O. The van der Waals surface area contributed by atoms with Crippen molar-refractivity contribution in [3.63, 3.8) is 0 Å². The van der Waals surface area contributed by atoms with E-state index in [9.17, 15) is 4.79 Å². The first-order chi connectivity index (χ1) is 9.28. The predicted molar refractivity (Wildman–Crippen MR) is 73.8 cm³/mol. The highest BCUT2D eigenvalue weighted by Gasteiger charge is 2.13. The van der Waals surface area contributed by atoms with Crippen LogP contribution in [-0.4, -0.2) is 25.2 Å². The van der Waals surface area contributed by atoms with Crippen molar-refractivity contribution in [1.29, 1.82) is 5.26 Å². The van der Waals surface area contributed by atoms with Crippen LogP contribution in [0.15, 0.2) is 24.3 Å². The van der Waals surface area contributed by atoms with Crippen molar-refractivity contribution in [3.8, 4) is 6.07 Å². The Hall–Kier alpha value is -2.06. The van der Waals surface area contributed by atoms with Crippen LogP contribution in [-0.2, 0) is 0 Å². The van der Waals surface area contributed by atoms with Gasteiger partial charge in [0.1, 0.15) is 0 Å². The molecule has 2 amide bonds. The molecule has 1 aromatic carbocycles. The number of nitriles is 1. The molecule has 1 aromatic rings. The van der Waals surface area contributed by atoms with Gasteiger partial charge in [0, 0.05) is 18.3 Å². The van der Waals surface area contributed by atoms with Crippen molar-refractivity contribution in [2.75, 3.05) is 18.4 Å². The zero-order chi connectivity index (χ0) is 13.5. The fourth-order valence-corrected chi connectivity index (χ4v) is 2.16. The molecule has 0 bridgehead atoms. The van der Waals surface area contributed by atoms with Crippen LogP contribution >= 0.6 is 0 Å². The highest BCUT2D eigenvalue weighted by Crippen LogP contribution is 2.09. The molecule has 3 N–H and O–H groups in total. The standard InChI is InChI=1S/C14H18N4O/c15-9-11-4-3-6-12(8-11)18-14(19)17-10-13-5-1-2-7-16-13/h3-4,6,8,13,16H,1-2,5,7,10H2,(H2,17,18,19). The maximum absolute atomic E-state index is 11.7. The smallest absolute Gasteiger partial charge is 0.319 e. The van der Waals surface area contributed by atoms with Gasteiger partial charge in [-0.3, -0.25) is 0 Å². The third-order valence-electron chi connectivity index (χ3n) is 3.17. The highest BCUT2D eigenvalue weighted by atomic mass is 16.2. The zero-order valence-electron chi connectivity index (χ0n) is 10.8. The summed E-state index contributed by atoms with van der Waals surface area (Å²) < 4.78 is 0. The van der Waals surface area contributed by atoms with Crippen LogP contribution in [0.4, 0.5) is 10.5 Å². The molecule has 5 nitrogen and oxygen atoms in total. The number of urea groups is 1. The van der Waals surface area contributed by atoms with Gasteiger partial charge in [-0.2, -0.15) is 5.26 Å². The van der Waals surface area contributed by atoms with E-state index in [-0.39, 0.29) is 6.03 Å². The summed E-state index contributed by atoms with van der Waals surface area (Å²) in [5.41, 5.74) is 1.17. The number of amides is 2. The molecule has 100 valence electrons. The summed E-state index contributed by atoms with van der Waals surface area (Å²) in [6.45, 7) is 1.65. The second kappa shape index (κ2) is 6.76. The quantitative estimate of drug-likeness (QED) is 0.774. The Morgan fingerprint density at radius 2 is 2.37 bits per heavy atom. The van der Waals surface area contributed by atoms with E-state index in [1.54, 1.807) is 24.3 Å². The molecule has 0 aromatic heterocycles. The molecule has 1 fully saturated rings. The van der Waals surface area contributed by atoms with E-state index in [4.69, 9.17) is 5.26 Å². The van der Waals surface area contributed by atoms with Crippen LogP contribution in [0.2, 0.25) is 0 Å². The Balaban J connectivity index is 1.78. The average molecular weight is 258 g/mol. The van der Waals surface area contributed by atoms with Crippen LogP contribution in [0.1, 0.15) is 24.8 Å². The highest BCUT2D eigenvalue weighted by molar-refractivity contribution is 5.89. The van der Waals surface area contributed by atoms with E-state index in [0.29, 0.717) is 23.8 Å². The van der Waals surface area contributed by atoms with Gasteiger partial charge in [0.2, 0.25) is 0 Å². The van der Waals surface area contributed by atoms with Gasteiger partial charge in [0.15, 0.2) is 0 Å². The minimum atomic E-state index is -0.234. The molecular weight excluding hydrogens is 240 g/mol. The van der Waals surface area contributed by atoms with Gasteiger partial charge in [-0.15, -0.1) is 0 Å². The molecule has 0 spiro atoms. The van der Waals surface area contributed by atoms with Gasteiger partial charge in [-0.1, -0.05) is 12.5 Å². The SMILES string of the molecule is N#Cc1cccc(NC(=O)NCC2CCCCN2)c1. The van der Waals surface area contributed by atoms with Gasteiger partial charge in [0.25, 0.3) is 0 Å². The number of anilines is 1. The van der Waals surface area contributed by atoms with Crippen LogP contribution in [0.3, 0.4) is 0 Å². The Labute approximate surface area is 113 Å². The lowest BCUT2D eigenvalue weighted by Crippen LogP contribution is -2.44. The lowest BCUT2D eigenvalue weighted by atomic mass is 10.1. The summed E-state index contributed by atoms with van der Waals surface area (Å²) in [4.78, 5) is 11.7. The van der Waals surface area contributed by atoms with Crippen molar-refractivity contribution >= 4 is 11.7 Å². The molecule has 1 heterocycles. The first-order valence-corrected chi connectivity index (χ1v) is 6.56. The third-order valence-corrected chi connectivity index (χ3v) is 3.17. The number of hydrogen-bond donors (Lipinski definition) is 3. The maximum Gasteiger partial charge on any atom is 0.319 e. The molecule has 1 saturated heterocycles. The van der Waals surface area contributed by atoms with E-state index < -0.39 is 0 Å². The van der Waals surface area contributed by atoms with Gasteiger partial charge in [0.05, 0.1) is 11.6 Å². The summed E-state index contributed by atoms with van der Waals surface area (Å²) >= 11 is 0. The fourth-order valence-electron chi connectivity index (χ4n) is 2.16. The number of carbonyl (C=O) groups excluding carboxylic acids is 1. The number of piperidine rings is 1. The number of carbonyl (C=O) groups is 1. The molecule has 0 radical (unpaired) electrons. The molecule has 1 aliphatic rings. The molecule has 0 saturated carbocycles. The van der Waals surface area contributed by atoms with E-state index in [0.717, 1.165) is 13.0 Å². The van der Waals surface area contributed by atoms with Crippen molar-refractivity contribution < 1.29 is 4.79 Å². The monoisotopic (exact) mass is 258 g/mol. The molecule has 0 aliphatic carbocycles. The summed E-state index contributed by atoms with van der Waals surface area (Å²) in [5, 5.41) is 17.7. The Bertz CT molecular complexity index is 475. The van der Waals surface area contributed by atoms with Crippen LogP contribution in [0.5, 0.6) is 0 Å². The van der Waals surface area contributed by atoms with Gasteiger partial charge in [-0.05, 0) is 37.6 Å². The minimum absolute atomic E-state index is 0.234. The molecule has 1 atom stereocenters. The average Bonchev–Trinajstić information content (AvgIpc) is 2.46. The number of benzene rings is 1. The Morgan fingerprint density at radius 3 is 3.11 bits per heavy atom. The first kappa shape index (κ1) is 13.4. The van der Waals surface area contributed by atoms with Gasteiger partial charge in [-0.25, -0.2) is 4.79 Å². The molecule has 19 heavy (non-hydrogen) atoms. The van der Waals surface area contributed by atoms with Gasteiger partial charge >= 0.3 is 6.03 Å². The first-order valence-electron chi connectivity index (χ1n) is 6.56. The zero-order valence-corrected chi connectivity index (χ0v) is 10.8. The Kier molecular flexibility index (Phi) is 4.76. The van der Waals surface area contributed by atoms with E-state index >= 15 is 0 Å². The van der Waals surface area contributed by atoms with E-state index in [1.165, 1.54) is 12.8 Å². The van der Waals surface area contributed by atoms with Crippen LogP contribution in [0, 0.1) is 11.3 Å². The molecule has 1 unspecified atom stereocenters. The topological polar surface area (TPSA) is 77.0 Å². The second-order valence-electron chi connectivity index (χ2n) is 4.67. The lowest BCUT2D eigenvalue weighted by Gasteiger charge is -2.23. The fraction of sp³-hybridized carbons (Fsp3) is 0.429. The van der Waals surface area contributed by atoms with E-state index in [2.05, 4.69) is 16.0 Å². The second-order valence-corrected chi connectivity index (χ2v) is 4.67. The molecule has 1 aliphatic heterocycles. The number of rotatable bonds is 3. The summed E-state index contributed by atoms with van der Waals surface area (Å²) in [6, 6.07) is 9.04. The van der Waals surface area contributed by atoms with Crippen molar-refractivity contribution in [3.05, 3.63) is 29.8 Å². The number of nitrogens with one attached hydrogen (secondary N) is 3. The van der Waals surface area contributed by atoms with Crippen molar-refractivity contribution in [2.45, 2.75) is 25.3 Å². The number of hydrogen-bond acceptors (Lipinski definition) is 3. The third kappa shape index (κ3) is 4.27.